The fourth-order valence-electron chi connectivity index (χ4n) is 1.34. The lowest BCUT2D eigenvalue weighted by Crippen LogP contribution is -2.18. The molecule has 18 heavy (non-hydrogen) atoms. The van der Waals surface area contributed by atoms with E-state index in [1.165, 1.54) is 18.6 Å². The summed E-state index contributed by atoms with van der Waals surface area (Å²) in [6.07, 6.45) is 0. The molecule has 0 bridgehead atoms. The third-order valence-electron chi connectivity index (χ3n) is 2.29. The number of aromatic nitrogens is 2. The normalized spacial score (nSPS) is 11.4. The Morgan fingerprint density at radius 2 is 2.22 bits per heavy atom. The summed E-state index contributed by atoms with van der Waals surface area (Å²) in [7, 11) is -2.02. The molecule has 0 radical (unpaired) electrons. The average molecular weight is 284 g/mol. The molecule has 0 saturated heterocycles. The van der Waals surface area contributed by atoms with E-state index in [9.17, 15) is 8.42 Å². The van der Waals surface area contributed by atoms with E-state index >= 15 is 0 Å². The molecule has 0 aliphatic carbocycles. The van der Waals surface area contributed by atoms with Gasteiger partial charge in [0, 0.05) is 11.1 Å². The predicted octanol–water partition coefficient (Wildman–Crippen LogP) is 1.06. The SMILES string of the molecule is CNS(=O)(=O)c1cccc(NCc2csnn2)c1. The van der Waals surface area contributed by atoms with E-state index in [1.54, 1.807) is 24.3 Å². The van der Waals surface area contributed by atoms with Crippen molar-refractivity contribution < 1.29 is 8.42 Å². The Morgan fingerprint density at radius 3 is 2.89 bits per heavy atom. The summed E-state index contributed by atoms with van der Waals surface area (Å²) in [5.74, 6) is 0. The maximum Gasteiger partial charge on any atom is 0.240 e. The van der Waals surface area contributed by atoms with Crippen molar-refractivity contribution in [3.05, 3.63) is 35.3 Å². The maximum atomic E-state index is 11.6. The minimum Gasteiger partial charge on any atom is -0.379 e. The van der Waals surface area contributed by atoms with Crippen LogP contribution < -0.4 is 10.0 Å². The van der Waals surface area contributed by atoms with Crippen molar-refractivity contribution in [3.8, 4) is 0 Å². The Bertz CT molecular complexity index is 611. The number of rotatable bonds is 5. The fourth-order valence-corrected chi connectivity index (χ4v) is 2.57. The van der Waals surface area contributed by atoms with Gasteiger partial charge in [-0.1, -0.05) is 10.6 Å². The zero-order valence-electron chi connectivity index (χ0n) is 9.62. The Kier molecular flexibility index (Phi) is 3.90. The van der Waals surface area contributed by atoms with E-state index in [1.807, 2.05) is 5.38 Å². The summed E-state index contributed by atoms with van der Waals surface area (Å²) in [6, 6.07) is 6.60. The molecule has 1 aromatic heterocycles. The summed E-state index contributed by atoms with van der Waals surface area (Å²) >= 11 is 1.28. The van der Waals surface area contributed by atoms with E-state index in [4.69, 9.17) is 0 Å². The standard InChI is InChI=1S/C10H12N4O2S2/c1-11-18(15,16)10-4-2-3-8(5-10)12-6-9-7-17-14-13-9/h2-5,7,11-12H,6H2,1H3. The number of benzene rings is 1. The van der Waals surface area contributed by atoms with Crippen LogP contribution in [0.5, 0.6) is 0 Å². The van der Waals surface area contributed by atoms with E-state index < -0.39 is 10.0 Å². The second-order valence-electron chi connectivity index (χ2n) is 3.49. The largest absolute Gasteiger partial charge is 0.379 e. The molecule has 1 aromatic carbocycles. The van der Waals surface area contributed by atoms with Gasteiger partial charge in [-0.05, 0) is 36.8 Å². The van der Waals surface area contributed by atoms with Crippen LogP contribution in [0.15, 0.2) is 34.5 Å². The lowest BCUT2D eigenvalue weighted by Gasteiger charge is -2.07. The first-order valence-corrected chi connectivity index (χ1v) is 7.47. The number of nitrogens with zero attached hydrogens (tertiary/aromatic N) is 2. The fraction of sp³-hybridized carbons (Fsp3) is 0.200. The second kappa shape index (κ2) is 5.42. The number of hydrogen-bond acceptors (Lipinski definition) is 6. The Morgan fingerprint density at radius 1 is 1.39 bits per heavy atom. The predicted molar refractivity (Wildman–Crippen MR) is 69.9 cm³/mol. The van der Waals surface area contributed by atoms with E-state index in [0.29, 0.717) is 6.54 Å². The van der Waals surface area contributed by atoms with Gasteiger partial charge in [-0.15, -0.1) is 5.10 Å². The van der Waals surface area contributed by atoms with Crippen LogP contribution >= 0.6 is 11.5 Å². The van der Waals surface area contributed by atoms with Gasteiger partial charge in [-0.2, -0.15) is 0 Å². The zero-order valence-corrected chi connectivity index (χ0v) is 11.3. The minimum atomic E-state index is -3.41. The number of anilines is 1. The van der Waals surface area contributed by atoms with Gasteiger partial charge in [0.25, 0.3) is 0 Å². The summed E-state index contributed by atoms with van der Waals surface area (Å²) in [5, 5.41) is 8.82. The smallest absolute Gasteiger partial charge is 0.240 e. The first-order valence-electron chi connectivity index (χ1n) is 5.15. The molecular weight excluding hydrogens is 272 g/mol. The number of sulfonamides is 1. The molecule has 0 fully saturated rings. The van der Waals surface area contributed by atoms with Crippen LogP contribution in [-0.2, 0) is 16.6 Å². The van der Waals surface area contributed by atoms with Crippen molar-refractivity contribution in [2.24, 2.45) is 0 Å². The molecule has 6 nitrogen and oxygen atoms in total. The van der Waals surface area contributed by atoms with E-state index in [-0.39, 0.29) is 4.90 Å². The lowest BCUT2D eigenvalue weighted by atomic mass is 10.3. The van der Waals surface area contributed by atoms with Crippen LogP contribution in [0.4, 0.5) is 5.69 Å². The van der Waals surface area contributed by atoms with Crippen molar-refractivity contribution in [3.63, 3.8) is 0 Å². The summed E-state index contributed by atoms with van der Waals surface area (Å²) in [4.78, 5) is 0.228. The van der Waals surface area contributed by atoms with Crippen molar-refractivity contribution in [2.45, 2.75) is 11.4 Å². The van der Waals surface area contributed by atoms with E-state index in [0.717, 1.165) is 11.4 Å². The molecule has 0 atom stereocenters. The number of hydrogen-bond donors (Lipinski definition) is 2. The molecule has 1 heterocycles. The van der Waals surface area contributed by atoms with Gasteiger partial charge in [0.2, 0.25) is 10.0 Å². The molecule has 0 spiro atoms. The number of nitrogens with one attached hydrogen (secondary N) is 2. The third-order valence-corrected chi connectivity index (χ3v) is 4.26. The van der Waals surface area contributed by atoms with Crippen LogP contribution in [0.25, 0.3) is 0 Å². The summed E-state index contributed by atoms with van der Waals surface area (Å²) in [6.45, 7) is 0.513. The molecule has 0 aliphatic heterocycles. The van der Waals surface area contributed by atoms with Crippen LogP contribution in [0.3, 0.4) is 0 Å². The van der Waals surface area contributed by atoms with Crippen molar-refractivity contribution in [2.75, 3.05) is 12.4 Å². The van der Waals surface area contributed by atoms with Crippen molar-refractivity contribution >= 4 is 27.2 Å². The highest BCUT2D eigenvalue weighted by atomic mass is 32.2. The first-order chi connectivity index (χ1) is 8.62. The third kappa shape index (κ3) is 3.03. The Balaban J connectivity index is 2.13. The monoisotopic (exact) mass is 284 g/mol. The van der Waals surface area contributed by atoms with Gasteiger partial charge in [-0.25, -0.2) is 13.1 Å². The molecule has 96 valence electrons. The lowest BCUT2D eigenvalue weighted by molar-refractivity contribution is 0.588. The molecular formula is C10H12N4O2S2. The van der Waals surface area contributed by atoms with Gasteiger partial charge >= 0.3 is 0 Å². The quantitative estimate of drug-likeness (QED) is 0.857. The van der Waals surface area contributed by atoms with Gasteiger partial charge in [0.05, 0.1) is 17.1 Å². The molecule has 2 aromatic rings. The topological polar surface area (TPSA) is 84.0 Å². The van der Waals surface area contributed by atoms with Crippen molar-refractivity contribution in [1.29, 1.82) is 0 Å². The molecule has 8 heteroatoms. The van der Waals surface area contributed by atoms with Crippen LogP contribution in [-0.4, -0.2) is 25.1 Å². The molecule has 0 amide bonds. The molecule has 2 rings (SSSR count). The van der Waals surface area contributed by atoms with Crippen LogP contribution in [0.2, 0.25) is 0 Å². The average Bonchev–Trinajstić information content (AvgIpc) is 2.90. The van der Waals surface area contributed by atoms with Gasteiger partial charge in [0.15, 0.2) is 0 Å². The first kappa shape index (κ1) is 12.9. The molecule has 0 aliphatic rings. The van der Waals surface area contributed by atoms with Gasteiger partial charge < -0.3 is 5.32 Å². The Hall–Kier alpha value is -1.51. The van der Waals surface area contributed by atoms with Gasteiger partial charge in [0.1, 0.15) is 0 Å². The highest BCUT2D eigenvalue weighted by molar-refractivity contribution is 7.89. The van der Waals surface area contributed by atoms with E-state index in [2.05, 4.69) is 19.6 Å². The molecule has 0 unspecified atom stereocenters. The second-order valence-corrected chi connectivity index (χ2v) is 5.98. The zero-order chi connectivity index (χ0) is 13.0. The van der Waals surface area contributed by atoms with Crippen molar-refractivity contribution in [1.82, 2.24) is 14.3 Å². The summed E-state index contributed by atoms with van der Waals surface area (Å²) < 4.78 is 29.3. The van der Waals surface area contributed by atoms with Crippen LogP contribution in [0.1, 0.15) is 5.69 Å². The Labute approximate surface area is 109 Å². The molecule has 2 N–H and O–H groups in total. The maximum absolute atomic E-state index is 11.6. The summed E-state index contributed by atoms with van der Waals surface area (Å²) in [5.41, 5.74) is 1.54. The van der Waals surface area contributed by atoms with Crippen LogP contribution in [0, 0.1) is 0 Å². The highest BCUT2D eigenvalue weighted by Crippen LogP contribution is 2.15. The van der Waals surface area contributed by atoms with Gasteiger partial charge in [-0.3, -0.25) is 0 Å². The molecule has 0 saturated carbocycles. The minimum absolute atomic E-state index is 0.228. The highest BCUT2D eigenvalue weighted by Gasteiger charge is 2.11.